The van der Waals surface area contributed by atoms with Crippen molar-refractivity contribution in [3.63, 3.8) is 0 Å². The topological polar surface area (TPSA) is 46.2 Å². The summed E-state index contributed by atoms with van der Waals surface area (Å²) in [6, 6.07) is 12.3. The Morgan fingerprint density at radius 3 is 2.50 bits per heavy atom. The van der Waals surface area contributed by atoms with Crippen molar-refractivity contribution >= 4 is 33.9 Å². The minimum Gasteiger partial charge on any atom is -0.356 e. The van der Waals surface area contributed by atoms with E-state index < -0.39 is 10.8 Å². The number of hydrogen-bond acceptors (Lipinski definition) is 2. The second-order valence-corrected chi connectivity index (χ2v) is 8.28. The largest absolute Gasteiger partial charge is 0.356 e. The summed E-state index contributed by atoms with van der Waals surface area (Å²) in [4.78, 5) is 13.1. The average Bonchev–Trinajstić information content (AvgIpc) is 2.92. The Bertz CT molecular complexity index is 990. The first-order valence-corrected chi connectivity index (χ1v) is 10.9. The molecule has 0 heterocycles. The quantitative estimate of drug-likeness (QED) is 0.761. The van der Waals surface area contributed by atoms with Crippen molar-refractivity contribution in [2.45, 2.75) is 31.6 Å². The van der Waals surface area contributed by atoms with Crippen molar-refractivity contribution < 1.29 is 13.4 Å². The molecule has 3 nitrogen and oxygen atoms in total. The fourth-order valence-electron chi connectivity index (χ4n) is 3.39. The minimum absolute atomic E-state index is 0.0533. The number of nitrogens with one attached hydrogen (secondary N) is 1. The lowest BCUT2D eigenvalue weighted by Crippen LogP contribution is -2.23. The summed E-state index contributed by atoms with van der Waals surface area (Å²) in [5.74, 6) is -0.364. The summed E-state index contributed by atoms with van der Waals surface area (Å²) in [6.07, 6.45) is 4.79. The number of halogens is 1. The Morgan fingerprint density at radius 2 is 1.86 bits per heavy atom. The standard InChI is InChI=1S/C23H24FNO2S/c1-4-11-25-23(26)14-21-15(2)20(19-10-7-17(24)13-22(19)21)12-16-5-8-18(9-6-16)28(3)27/h5-10,12-13H,4,11,14H2,1-3H3,(H,25,26)/b20-12+/t28-/m1/s1. The van der Waals surface area contributed by atoms with Crippen LogP contribution < -0.4 is 5.32 Å². The molecule has 0 spiro atoms. The number of benzene rings is 2. The summed E-state index contributed by atoms with van der Waals surface area (Å²) in [6.45, 7) is 4.61. The molecule has 0 unspecified atom stereocenters. The van der Waals surface area contributed by atoms with E-state index in [9.17, 15) is 13.4 Å². The SMILES string of the molecule is CCCNC(=O)CC1=C(C)/C(=C\c2ccc([S@@](C)=O)cc2)c2ccc(F)cc21. The van der Waals surface area contributed by atoms with Crippen LogP contribution in [0.4, 0.5) is 4.39 Å². The van der Waals surface area contributed by atoms with Crippen LogP contribution >= 0.6 is 0 Å². The maximum atomic E-state index is 13.9. The van der Waals surface area contributed by atoms with E-state index in [-0.39, 0.29) is 18.1 Å². The first-order valence-electron chi connectivity index (χ1n) is 9.33. The molecular weight excluding hydrogens is 373 g/mol. The number of fused-ring (bicyclic) bond motifs is 1. The molecule has 28 heavy (non-hydrogen) atoms. The van der Waals surface area contributed by atoms with E-state index in [2.05, 4.69) is 5.32 Å². The first-order chi connectivity index (χ1) is 13.4. The van der Waals surface area contributed by atoms with E-state index in [0.29, 0.717) is 6.54 Å². The summed E-state index contributed by atoms with van der Waals surface area (Å²) in [7, 11) is -1.02. The molecule has 0 aliphatic heterocycles. The molecule has 5 heteroatoms. The van der Waals surface area contributed by atoms with Crippen LogP contribution in [0.15, 0.2) is 52.9 Å². The Kier molecular flexibility index (Phi) is 6.25. The van der Waals surface area contributed by atoms with E-state index in [1.54, 1.807) is 12.3 Å². The lowest BCUT2D eigenvalue weighted by molar-refractivity contribution is -0.120. The maximum Gasteiger partial charge on any atom is 0.224 e. The highest BCUT2D eigenvalue weighted by atomic mass is 32.2. The van der Waals surface area contributed by atoms with Gasteiger partial charge in [-0.05, 0) is 77.1 Å². The molecule has 1 atom stereocenters. The van der Waals surface area contributed by atoms with Gasteiger partial charge in [0.2, 0.25) is 5.91 Å². The second kappa shape index (κ2) is 8.65. The molecule has 2 aromatic rings. The van der Waals surface area contributed by atoms with E-state index in [4.69, 9.17) is 0 Å². The summed E-state index contributed by atoms with van der Waals surface area (Å²) < 4.78 is 25.5. The van der Waals surface area contributed by atoms with Crippen molar-refractivity contribution in [1.29, 1.82) is 0 Å². The van der Waals surface area contributed by atoms with Gasteiger partial charge in [0, 0.05) is 28.5 Å². The van der Waals surface area contributed by atoms with Gasteiger partial charge in [0.05, 0.1) is 6.42 Å². The number of carbonyl (C=O) groups excluding carboxylic acids is 1. The third kappa shape index (κ3) is 4.30. The third-order valence-electron chi connectivity index (χ3n) is 4.89. The number of amides is 1. The molecule has 0 saturated heterocycles. The molecular formula is C23H24FNO2S. The predicted octanol–water partition coefficient (Wildman–Crippen LogP) is 4.81. The Morgan fingerprint density at radius 1 is 1.14 bits per heavy atom. The smallest absolute Gasteiger partial charge is 0.224 e. The second-order valence-electron chi connectivity index (χ2n) is 6.90. The van der Waals surface area contributed by atoms with Gasteiger partial charge in [-0.1, -0.05) is 25.1 Å². The van der Waals surface area contributed by atoms with Crippen LogP contribution in [0.1, 0.15) is 43.4 Å². The van der Waals surface area contributed by atoms with Gasteiger partial charge in [0.25, 0.3) is 0 Å². The normalized spacial score (nSPS) is 15.6. The highest BCUT2D eigenvalue weighted by Gasteiger charge is 2.25. The zero-order valence-electron chi connectivity index (χ0n) is 16.3. The molecule has 1 aliphatic carbocycles. The van der Waals surface area contributed by atoms with Crippen molar-refractivity contribution in [3.05, 3.63) is 70.5 Å². The maximum absolute atomic E-state index is 13.9. The van der Waals surface area contributed by atoms with Crippen LogP contribution in [-0.4, -0.2) is 22.9 Å². The molecule has 0 aromatic heterocycles. The first kappa shape index (κ1) is 20.2. The van der Waals surface area contributed by atoms with Gasteiger partial charge >= 0.3 is 0 Å². The number of hydrogen-bond donors (Lipinski definition) is 1. The molecule has 2 aromatic carbocycles. The van der Waals surface area contributed by atoms with Gasteiger partial charge in [0.15, 0.2) is 0 Å². The van der Waals surface area contributed by atoms with E-state index in [1.165, 1.54) is 12.1 Å². The fraction of sp³-hybridized carbons (Fsp3) is 0.261. The van der Waals surface area contributed by atoms with Crippen molar-refractivity contribution in [3.8, 4) is 0 Å². The van der Waals surface area contributed by atoms with Gasteiger partial charge in [-0.3, -0.25) is 9.00 Å². The zero-order valence-corrected chi connectivity index (χ0v) is 17.2. The molecule has 0 fully saturated rings. The summed E-state index contributed by atoms with van der Waals surface area (Å²) in [5.41, 5.74) is 5.51. The van der Waals surface area contributed by atoms with Crippen molar-refractivity contribution in [1.82, 2.24) is 5.32 Å². The van der Waals surface area contributed by atoms with Crippen LogP contribution in [0.2, 0.25) is 0 Å². The molecule has 0 saturated carbocycles. The lowest BCUT2D eigenvalue weighted by Gasteiger charge is -2.07. The molecule has 1 amide bonds. The molecule has 0 bridgehead atoms. The Balaban J connectivity index is 2.01. The highest BCUT2D eigenvalue weighted by Crippen LogP contribution is 2.43. The third-order valence-corrected chi connectivity index (χ3v) is 5.82. The van der Waals surface area contributed by atoms with Crippen LogP contribution in [0.25, 0.3) is 17.2 Å². The molecule has 3 rings (SSSR count). The zero-order chi connectivity index (χ0) is 20.3. The van der Waals surface area contributed by atoms with Crippen molar-refractivity contribution in [2.24, 2.45) is 0 Å². The molecule has 1 aliphatic rings. The minimum atomic E-state index is -1.02. The van der Waals surface area contributed by atoms with Crippen LogP contribution in [0.3, 0.4) is 0 Å². The summed E-state index contributed by atoms with van der Waals surface area (Å²) >= 11 is 0. The van der Waals surface area contributed by atoms with Crippen LogP contribution in [0, 0.1) is 5.82 Å². The number of allylic oxidation sites excluding steroid dienone is 2. The van der Waals surface area contributed by atoms with E-state index in [1.807, 2.05) is 44.2 Å². The molecule has 146 valence electrons. The fourth-order valence-corrected chi connectivity index (χ4v) is 3.91. The van der Waals surface area contributed by atoms with Crippen LogP contribution in [-0.2, 0) is 15.6 Å². The average molecular weight is 398 g/mol. The van der Waals surface area contributed by atoms with Gasteiger partial charge in [-0.2, -0.15) is 0 Å². The van der Waals surface area contributed by atoms with Gasteiger partial charge in [-0.15, -0.1) is 0 Å². The van der Waals surface area contributed by atoms with Crippen molar-refractivity contribution in [2.75, 3.05) is 12.8 Å². The molecule has 1 N–H and O–H groups in total. The lowest BCUT2D eigenvalue weighted by atomic mass is 10.0. The Hall–Kier alpha value is -2.53. The monoisotopic (exact) mass is 397 g/mol. The Labute approximate surface area is 167 Å². The van der Waals surface area contributed by atoms with Gasteiger partial charge in [0.1, 0.15) is 5.82 Å². The van der Waals surface area contributed by atoms with Gasteiger partial charge < -0.3 is 5.32 Å². The molecule has 0 radical (unpaired) electrons. The van der Waals surface area contributed by atoms with E-state index in [0.717, 1.165) is 44.7 Å². The number of rotatable bonds is 6. The predicted molar refractivity (Wildman–Crippen MR) is 114 cm³/mol. The van der Waals surface area contributed by atoms with Crippen LogP contribution in [0.5, 0.6) is 0 Å². The summed E-state index contributed by atoms with van der Waals surface area (Å²) in [5, 5.41) is 2.89. The highest BCUT2D eigenvalue weighted by molar-refractivity contribution is 7.84. The number of carbonyl (C=O) groups is 1. The van der Waals surface area contributed by atoms with Gasteiger partial charge in [-0.25, -0.2) is 4.39 Å². The van der Waals surface area contributed by atoms with E-state index >= 15 is 0 Å².